The molecule has 2 nitrogen and oxygen atoms in total. The first-order valence-electron chi connectivity index (χ1n) is 19.7. The van der Waals surface area contributed by atoms with Crippen LogP contribution in [0, 0.1) is 0 Å². The average Bonchev–Trinajstić information content (AvgIpc) is 3.82. The molecule has 0 aliphatic rings. The normalized spacial score (nSPS) is 14.1. The maximum absolute atomic E-state index is 9.29. The largest absolute Gasteiger partial charge is 0.455 e. The maximum atomic E-state index is 9.29. The number of hydrogen-bond donors (Lipinski definition) is 0. The number of rotatable bonds is 4. The molecule has 48 heavy (non-hydrogen) atoms. The first kappa shape index (κ1) is 20.0. The summed E-state index contributed by atoms with van der Waals surface area (Å²) in [4.78, 5) is 0. The van der Waals surface area contributed by atoms with Gasteiger partial charge < -0.3 is 8.83 Å². The Kier molecular flexibility index (Phi) is 4.41. The van der Waals surface area contributed by atoms with Gasteiger partial charge in [-0.05, 0) is 73.6 Å². The molecule has 0 N–H and O–H groups in total. The van der Waals surface area contributed by atoms with Crippen LogP contribution in [0.2, 0.25) is 0 Å². The topological polar surface area (TPSA) is 26.3 Å². The molecule has 0 atom stereocenters. The molecule has 0 unspecified atom stereocenters. The summed E-state index contributed by atoms with van der Waals surface area (Å²) >= 11 is 0. The summed E-state index contributed by atoms with van der Waals surface area (Å²) in [6.45, 7) is 0. The fraction of sp³-hybridized carbons (Fsp3) is 0. The lowest BCUT2D eigenvalue weighted by Gasteiger charge is -2.17. The zero-order valence-electron chi connectivity index (χ0n) is 33.4. The molecule has 0 radical (unpaired) electrons. The van der Waals surface area contributed by atoms with Crippen molar-refractivity contribution >= 4 is 54.5 Å². The molecule has 0 amide bonds. The van der Waals surface area contributed by atoms with Crippen molar-refractivity contribution in [3.8, 4) is 44.7 Å². The van der Waals surface area contributed by atoms with Crippen LogP contribution in [0.4, 0.5) is 0 Å². The predicted molar refractivity (Wildman–Crippen MR) is 200 cm³/mol. The van der Waals surface area contributed by atoms with E-state index in [1.807, 2.05) is 84.9 Å². The highest BCUT2D eigenvalue weighted by Crippen LogP contribution is 2.48. The molecule has 224 valence electrons. The first-order valence-corrected chi connectivity index (χ1v) is 15.7. The van der Waals surface area contributed by atoms with Gasteiger partial charge in [0.05, 0.1) is 16.4 Å². The van der Waals surface area contributed by atoms with Gasteiger partial charge in [0.2, 0.25) is 0 Å². The van der Waals surface area contributed by atoms with Crippen molar-refractivity contribution in [3.05, 3.63) is 170 Å². The molecule has 0 aliphatic heterocycles. The Labute approximate surface area is 288 Å². The van der Waals surface area contributed by atoms with Gasteiger partial charge in [-0.1, -0.05) is 145 Å². The second-order valence-corrected chi connectivity index (χ2v) is 11.8. The molecule has 10 rings (SSSR count). The number of fused-ring (bicyclic) bond motifs is 7. The van der Waals surface area contributed by atoms with E-state index in [-0.39, 0.29) is 51.3 Å². The molecule has 8 aromatic carbocycles. The van der Waals surface area contributed by atoms with E-state index >= 15 is 0 Å². The van der Waals surface area contributed by atoms with Crippen LogP contribution in [0.1, 0.15) is 11.0 Å². The van der Waals surface area contributed by atoms with Gasteiger partial charge in [-0.25, -0.2) is 0 Å². The van der Waals surface area contributed by atoms with Crippen LogP contribution in [-0.2, 0) is 0 Å². The van der Waals surface area contributed by atoms with E-state index < -0.39 is 24.2 Å². The third-order valence-electron chi connectivity index (χ3n) is 9.11. The lowest BCUT2D eigenvalue weighted by molar-refractivity contribution is 0.631. The fourth-order valence-electron chi connectivity index (χ4n) is 7.05. The van der Waals surface area contributed by atoms with E-state index in [9.17, 15) is 5.48 Å². The average molecular weight is 621 g/mol. The van der Waals surface area contributed by atoms with E-state index in [1.165, 1.54) is 0 Å². The van der Waals surface area contributed by atoms with Crippen LogP contribution in [0.15, 0.2) is 179 Å². The van der Waals surface area contributed by atoms with Crippen molar-refractivity contribution in [2.45, 2.75) is 0 Å². The molecule has 0 saturated carbocycles. The van der Waals surface area contributed by atoms with Crippen LogP contribution in [0.25, 0.3) is 99.2 Å². The minimum absolute atomic E-state index is 0.163. The van der Waals surface area contributed by atoms with Crippen molar-refractivity contribution in [1.82, 2.24) is 0 Å². The Morgan fingerprint density at radius 3 is 1.46 bits per heavy atom. The Morgan fingerprint density at radius 1 is 0.375 bits per heavy atom. The Morgan fingerprint density at radius 2 is 0.875 bits per heavy atom. The van der Waals surface area contributed by atoms with E-state index in [0.29, 0.717) is 39.2 Å². The molecular weight excluding hydrogens is 585 g/mol. The van der Waals surface area contributed by atoms with Crippen molar-refractivity contribution < 1.29 is 19.8 Å². The van der Waals surface area contributed by atoms with Crippen molar-refractivity contribution in [1.29, 1.82) is 0 Å². The third kappa shape index (κ3) is 4.00. The highest BCUT2D eigenvalue weighted by molar-refractivity contribution is 6.23. The minimum Gasteiger partial charge on any atom is -0.455 e. The molecule has 0 fully saturated rings. The van der Waals surface area contributed by atoms with Gasteiger partial charge in [-0.3, -0.25) is 0 Å². The monoisotopic (exact) mass is 620 g/mol. The summed E-state index contributed by atoms with van der Waals surface area (Å²) in [6, 6.07) is 35.2. The van der Waals surface area contributed by atoms with E-state index in [0.717, 1.165) is 32.8 Å². The second-order valence-electron chi connectivity index (χ2n) is 11.8. The lowest BCUT2D eigenvalue weighted by atomic mass is 9.86. The van der Waals surface area contributed by atoms with Crippen LogP contribution < -0.4 is 0 Å². The van der Waals surface area contributed by atoms with Gasteiger partial charge in [0, 0.05) is 21.9 Å². The number of benzene rings is 8. The van der Waals surface area contributed by atoms with Gasteiger partial charge in [-0.2, -0.15) is 0 Å². The van der Waals surface area contributed by atoms with Crippen molar-refractivity contribution in [2.75, 3.05) is 0 Å². The van der Waals surface area contributed by atoms with Gasteiger partial charge in [-0.15, -0.1) is 0 Å². The summed E-state index contributed by atoms with van der Waals surface area (Å²) in [5.74, 6) is 0.708. The zero-order chi connectivity index (χ0) is 38.6. The van der Waals surface area contributed by atoms with Crippen molar-refractivity contribution in [3.63, 3.8) is 0 Å². The van der Waals surface area contributed by atoms with Gasteiger partial charge >= 0.3 is 0 Å². The summed E-state index contributed by atoms with van der Waals surface area (Å²) in [5.41, 5.74) is 6.25. The summed E-state index contributed by atoms with van der Waals surface area (Å²) < 4.78 is 85.1. The third-order valence-corrected chi connectivity index (χ3v) is 9.11. The molecular formula is C46H28O2. The highest BCUT2D eigenvalue weighted by atomic mass is 16.3. The van der Waals surface area contributed by atoms with Crippen LogP contribution in [-0.4, -0.2) is 0 Å². The molecule has 0 spiro atoms. The maximum Gasteiger partial charge on any atom is 0.147 e. The Hall–Kier alpha value is -6.38. The van der Waals surface area contributed by atoms with Crippen LogP contribution in [0.5, 0.6) is 0 Å². The minimum atomic E-state index is -0.442. The number of hydrogen-bond acceptors (Lipinski definition) is 2. The van der Waals surface area contributed by atoms with Gasteiger partial charge in [0.25, 0.3) is 0 Å². The summed E-state index contributed by atoms with van der Waals surface area (Å²) in [7, 11) is 0. The SMILES string of the molecule is [2H]c1c([2H])c([2H])c2c(-c3ccc4oc5c(ccc6oc(-c7ccccc7)c(-c7ccccc7)c65)c4c3)c3c([2H])c([2H])c([2H])c([2H])c3c(-c3ccccc3)c2c1[2H]. The zero-order valence-corrected chi connectivity index (χ0v) is 25.4. The van der Waals surface area contributed by atoms with Gasteiger partial charge in [0.15, 0.2) is 0 Å². The lowest BCUT2D eigenvalue weighted by Crippen LogP contribution is -1.90. The fourth-order valence-corrected chi connectivity index (χ4v) is 7.05. The summed E-state index contributed by atoms with van der Waals surface area (Å²) in [6.07, 6.45) is 0. The Balaban J connectivity index is 1.35. The second kappa shape index (κ2) is 10.6. The molecule has 2 heterocycles. The van der Waals surface area contributed by atoms with E-state index in [2.05, 4.69) is 0 Å². The highest BCUT2D eigenvalue weighted by Gasteiger charge is 2.23. The summed E-state index contributed by atoms with van der Waals surface area (Å²) in [5, 5.41) is 2.98. The number of furan rings is 2. The van der Waals surface area contributed by atoms with Crippen LogP contribution >= 0.6 is 0 Å². The molecule has 2 aromatic heterocycles. The Bertz CT molecular complexity index is 3180. The quantitative estimate of drug-likeness (QED) is 0.183. The predicted octanol–water partition coefficient (Wildman–Crippen LogP) is 13.3. The smallest absolute Gasteiger partial charge is 0.147 e. The molecule has 10 aromatic rings. The molecule has 0 bridgehead atoms. The van der Waals surface area contributed by atoms with E-state index in [1.54, 1.807) is 36.4 Å². The van der Waals surface area contributed by atoms with E-state index in [4.69, 9.17) is 14.3 Å². The van der Waals surface area contributed by atoms with Crippen molar-refractivity contribution in [2.24, 2.45) is 0 Å². The first-order chi connectivity index (χ1) is 27.2. The molecule has 0 saturated heterocycles. The molecule has 0 aliphatic carbocycles. The molecule has 2 heteroatoms. The van der Waals surface area contributed by atoms with Gasteiger partial charge in [0.1, 0.15) is 22.5 Å². The standard InChI is InChI=1S/C46H28O2/c1-4-14-29(15-5-1)41-33-20-10-12-22-35(33)42(36-23-13-11-21-34(36)41)32-24-26-39-38(28-32)37-25-27-40-44(46(37)47-39)43(30-16-6-2-7-17-30)45(48-40)31-18-8-3-9-19-31/h1-28H/i10D,11D,12D,13D,20D,21D,22D,23D. The van der Waals surface area contributed by atoms with Crippen LogP contribution in [0.3, 0.4) is 0 Å².